The maximum Gasteiger partial charge on any atom is 0.310 e. The molecule has 2 aromatic rings. The molecule has 3 rings (SSSR count). The number of esters is 1. The van der Waals surface area contributed by atoms with Crippen LogP contribution >= 0.6 is 11.6 Å². The number of piperazine rings is 1. The number of sulfonamides is 1. The normalized spacial score (nSPS) is 15.8. The summed E-state index contributed by atoms with van der Waals surface area (Å²) in [4.78, 5) is 14.1. The summed E-state index contributed by atoms with van der Waals surface area (Å²) in [6, 6.07) is 14.3. The lowest BCUT2D eigenvalue weighted by Gasteiger charge is -2.34. The van der Waals surface area contributed by atoms with Gasteiger partial charge in [0.2, 0.25) is 10.0 Å². The summed E-state index contributed by atoms with van der Waals surface area (Å²) in [5, 5.41) is 0.521. The van der Waals surface area contributed by atoms with Crippen molar-refractivity contribution in [3.05, 3.63) is 64.7 Å². The first-order valence-electron chi connectivity index (χ1n) is 10.1. The number of halogens is 1. The molecule has 0 aliphatic carbocycles. The summed E-state index contributed by atoms with van der Waals surface area (Å²) in [5.74, 6) is -0.211. The number of carbonyl (C=O) groups excluding carboxylic acids is 1. The molecule has 0 bridgehead atoms. The zero-order valence-electron chi connectivity index (χ0n) is 17.1. The van der Waals surface area contributed by atoms with Crippen molar-refractivity contribution in [3.8, 4) is 0 Å². The fourth-order valence-electron chi connectivity index (χ4n) is 3.44. The van der Waals surface area contributed by atoms with Gasteiger partial charge in [-0.25, -0.2) is 8.42 Å². The van der Waals surface area contributed by atoms with Crippen molar-refractivity contribution in [2.75, 3.05) is 39.3 Å². The number of carbonyl (C=O) groups is 1. The molecule has 0 amide bonds. The molecule has 0 N–H and O–H groups in total. The Morgan fingerprint density at radius 3 is 2.17 bits per heavy atom. The van der Waals surface area contributed by atoms with Crippen LogP contribution in [-0.2, 0) is 32.4 Å². The van der Waals surface area contributed by atoms with Gasteiger partial charge < -0.3 is 9.64 Å². The van der Waals surface area contributed by atoms with Crippen molar-refractivity contribution in [1.82, 2.24) is 9.21 Å². The van der Waals surface area contributed by atoms with E-state index in [4.69, 9.17) is 16.3 Å². The predicted molar refractivity (Wildman–Crippen MR) is 117 cm³/mol. The Morgan fingerprint density at radius 1 is 0.967 bits per heavy atom. The van der Waals surface area contributed by atoms with E-state index in [9.17, 15) is 13.2 Å². The van der Waals surface area contributed by atoms with E-state index in [-0.39, 0.29) is 17.3 Å². The molecule has 1 aliphatic heterocycles. The van der Waals surface area contributed by atoms with Gasteiger partial charge in [0.25, 0.3) is 0 Å². The minimum absolute atomic E-state index is 0.211. The lowest BCUT2D eigenvalue weighted by Crippen LogP contribution is -2.48. The summed E-state index contributed by atoms with van der Waals surface area (Å²) in [6.07, 6.45) is 1.17. The number of nitrogens with zero attached hydrogens (tertiary/aromatic N) is 2. The van der Waals surface area contributed by atoms with Crippen LogP contribution in [0, 0.1) is 0 Å². The number of benzene rings is 2. The Hall–Kier alpha value is -1.93. The van der Waals surface area contributed by atoms with Gasteiger partial charge >= 0.3 is 5.97 Å². The topological polar surface area (TPSA) is 66.9 Å². The molecule has 1 heterocycles. The standard InChI is InChI=1S/C22H27ClN2O4S/c1-2-29-22(26)17-19-5-3-18(4-6-19)11-12-24-13-15-25(16-14-24)30(27,28)21-9-7-20(23)8-10-21/h3-10H,2,11-17H2,1H3. The Kier molecular flexibility index (Phi) is 7.88. The first-order valence-corrected chi connectivity index (χ1v) is 11.9. The highest BCUT2D eigenvalue weighted by molar-refractivity contribution is 7.89. The lowest BCUT2D eigenvalue weighted by atomic mass is 10.1. The third-order valence-electron chi connectivity index (χ3n) is 5.18. The zero-order valence-corrected chi connectivity index (χ0v) is 18.7. The van der Waals surface area contributed by atoms with Gasteiger partial charge in [0.05, 0.1) is 17.9 Å². The molecule has 0 aromatic heterocycles. The SMILES string of the molecule is CCOC(=O)Cc1ccc(CCN2CCN(S(=O)(=O)c3ccc(Cl)cc3)CC2)cc1. The Bertz CT molecular complexity index is 938. The average Bonchev–Trinajstić information content (AvgIpc) is 2.74. The molecule has 30 heavy (non-hydrogen) atoms. The third-order valence-corrected chi connectivity index (χ3v) is 7.34. The van der Waals surface area contributed by atoms with E-state index in [1.165, 1.54) is 9.87 Å². The Morgan fingerprint density at radius 2 is 1.57 bits per heavy atom. The molecular formula is C22H27ClN2O4S. The van der Waals surface area contributed by atoms with E-state index in [1.54, 1.807) is 31.2 Å². The van der Waals surface area contributed by atoms with Gasteiger partial charge in [-0.15, -0.1) is 0 Å². The number of hydrogen-bond acceptors (Lipinski definition) is 5. The summed E-state index contributed by atoms with van der Waals surface area (Å²) >= 11 is 5.86. The summed E-state index contributed by atoms with van der Waals surface area (Å²) < 4.78 is 32.0. The zero-order chi connectivity index (χ0) is 21.6. The number of rotatable bonds is 8. The van der Waals surface area contributed by atoms with E-state index in [2.05, 4.69) is 4.90 Å². The first kappa shape index (κ1) is 22.7. The molecule has 0 unspecified atom stereocenters. The molecule has 8 heteroatoms. The molecule has 0 saturated carbocycles. The molecule has 0 radical (unpaired) electrons. The van der Waals surface area contributed by atoms with Gasteiger partial charge in [-0.2, -0.15) is 4.31 Å². The molecule has 162 valence electrons. The third kappa shape index (κ3) is 6.04. The maximum atomic E-state index is 12.8. The highest BCUT2D eigenvalue weighted by atomic mass is 35.5. The largest absolute Gasteiger partial charge is 0.466 e. The fraction of sp³-hybridized carbons (Fsp3) is 0.409. The van der Waals surface area contributed by atoms with E-state index in [0.29, 0.717) is 37.8 Å². The van der Waals surface area contributed by atoms with Crippen molar-refractivity contribution < 1.29 is 17.9 Å². The second-order valence-corrected chi connectivity index (χ2v) is 9.62. The van der Waals surface area contributed by atoms with Crippen LogP contribution in [0.25, 0.3) is 0 Å². The summed E-state index contributed by atoms with van der Waals surface area (Å²) in [6.45, 7) is 5.42. The van der Waals surface area contributed by atoms with Crippen LogP contribution in [0.5, 0.6) is 0 Å². The van der Waals surface area contributed by atoms with Crippen molar-refractivity contribution in [1.29, 1.82) is 0 Å². The van der Waals surface area contributed by atoms with Crippen LogP contribution in [0.3, 0.4) is 0 Å². The monoisotopic (exact) mass is 450 g/mol. The van der Waals surface area contributed by atoms with E-state index >= 15 is 0 Å². The number of ether oxygens (including phenoxy) is 1. The smallest absolute Gasteiger partial charge is 0.310 e. The lowest BCUT2D eigenvalue weighted by molar-refractivity contribution is -0.142. The molecule has 2 aromatic carbocycles. The van der Waals surface area contributed by atoms with Crippen LogP contribution in [0.2, 0.25) is 5.02 Å². The van der Waals surface area contributed by atoms with Gasteiger partial charge in [0.1, 0.15) is 0 Å². The van der Waals surface area contributed by atoms with Crippen molar-refractivity contribution in [2.24, 2.45) is 0 Å². The van der Waals surface area contributed by atoms with Crippen LogP contribution in [0.4, 0.5) is 0 Å². The van der Waals surface area contributed by atoms with E-state index < -0.39 is 10.0 Å². The van der Waals surface area contributed by atoms with Crippen molar-refractivity contribution >= 4 is 27.6 Å². The van der Waals surface area contributed by atoms with Crippen LogP contribution in [0.15, 0.2) is 53.4 Å². The molecule has 0 atom stereocenters. The molecule has 6 nitrogen and oxygen atoms in total. The van der Waals surface area contributed by atoms with Gasteiger partial charge in [-0.1, -0.05) is 35.9 Å². The van der Waals surface area contributed by atoms with E-state index in [1.807, 2.05) is 24.3 Å². The minimum atomic E-state index is -3.48. The minimum Gasteiger partial charge on any atom is -0.466 e. The first-order chi connectivity index (χ1) is 14.4. The van der Waals surface area contributed by atoms with Crippen LogP contribution < -0.4 is 0 Å². The summed E-state index contributed by atoms with van der Waals surface area (Å²) in [7, 11) is -3.48. The molecule has 1 saturated heterocycles. The quantitative estimate of drug-likeness (QED) is 0.578. The van der Waals surface area contributed by atoms with Gasteiger partial charge in [0.15, 0.2) is 0 Å². The average molecular weight is 451 g/mol. The molecule has 1 aliphatic rings. The van der Waals surface area contributed by atoms with Crippen molar-refractivity contribution in [3.63, 3.8) is 0 Å². The second kappa shape index (κ2) is 10.4. The van der Waals surface area contributed by atoms with Crippen molar-refractivity contribution in [2.45, 2.75) is 24.7 Å². The van der Waals surface area contributed by atoms with Gasteiger partial charge in [-0.3, -0.25) is 4.79 Å². The molecule has 0 spiro atoms. The van der Waals surface area contributed by atoms with Gasteiger partial charge in [0, 0.05) is 37.7 Å². The highest BCUT2D eigenvalue weighted by Gasteiger charge is 2.28. The highest BCUT2D eigenvalue weighted by Crippen LogP contribution is 2.20. The van der Waals surface area contributed by atoms with Crippen LogP contribution in [0.1, 0.15) is 18.1 Å². The fourth-order valence-corrected chi connectivity index (χ4v) is 4.99. The van der Waals surface area contributed by atoms with Gasteiger partial charge in [-0.05, 0) is 48.7 Å². The van der Waals surface area contributed by atoms with Crippen LogP contribution in [-0.4, -0.2) is 62.9 Å². The predicted octanol–water partition coefficient (Wildman–Crippen LogP) is 2.99. The molecule has 1 fully saturated rings. The Balaban J connectivity index is 1.47. The summed E-state index contributed by atoms with van der Waals surface area (Å²) in [5.41, 5.74) is 2.14. The second-order valence-electron chi connectivity index (χ2n) is 7.25. The Labute approximate surface area is 183 Å². The number of hydrogen-bond donors (Lipinski definition) is 0. The maximum absolute atomic E-state index is 12.8. The molecular weight excluding hydrogens is 424 g/mol. The van der Waals surface area contributed by atoms with E-state index in [0.717, 1.165) is 18.5 Å².